The molecule has 0 bridgehead atoms. The fraction of sp³-hybridized carbons (Fsp3) is 0.811. The number of hydrogen-bond donors (Lipinski definition) is 4. The highest BCUT2D eigenvalue weighted by molar-refractivity contribution is 7.85. The lowest BCUT2D eigenvalue weighted by atomic mass is 10.00. The molecule has 13 heteroatoms. The maximum absolute atomic E-state index is 12.9. The average molecular weight is 955 g/mol. The summed E-state index contributed by atoms with van der Waals surface area (Å²) in [7, 11) is -4.61. The predicted molar refractivity (Wildman–Crippen MR) is 266 cm³/mol. The van der Waals surface area contributed by atoms with Gasteiger partial charge in [-0.15, -0.1) is 0 Å². The molecule has 12 nitrogen and oxygen atoms in total. The first-order valence-corrected chi connectivity index (χ1v) is 27.8. The SMILES string of the molecule is CC/C=C\C/C=C\C/C=C\C/C=C\CCCCCCCCCCC(=O)OC(COC(=O)CCCCCCCCCCCCCCCCCCC)COC1OC(CS(=O)(=O)O)C(O)C(O)C1O. The van der Waals surface area contributed by atoms with Crippen LogP contribution in [0.5, 0.6) is 0 Å². The maximum Gasteiger partial charge on any atom is 0.306 e. The van der Waals surface area contributed by atoms with Crippen molar-refractivity contribution in [2.24, 2.45) is 0 Å². The highest BCUT2D eigenvalue weighted by Crippen LogP contribution is 2.24. The van der Waals surface area contributed by atoms with Crippen LogP contribution in [0, 0.1) is 0 Å². The lowest BCUT2D eigenvalue weighted by molar-refractivity contribution is -0.297. The number of hydrogen-bond acceptors (Lipinski definition) is 11. The Balaban J connectivity index is 2.37. The van der Waals surface area contributed by atoms with E-state index < -0.39 is 71.2 Å². The molecule has 0 aliphatic carbocycles. The lowest BCUT2D eigenvalue weighted by Crippen LogP contribution is -2.60. The van der Waals surface area contributed by atoms with Gasteiger partial charge in [0.25, 0.3) is 10.1 Å². The van der Waals surface area contributed by atoms with E-state index in [0.717, 1.165) is 77.0 Å². The zero-order valence-corrected chi connectivity index (χ0v) is 42.1. The summed E-state index contributed by atoms with van der Waals surface area (Å²) in [6.07, 6.45) is 42.9. The minimum atomic E-state index is -4.61. The molecule has 4 N–H and O–H groups in total. The zero-order valence-electron chi connectivity index (χ0n) is 41.3. The van der Waals surface area contributed by atoms with Crippen LogP contribution in [0.25, 0.3) is 0 Å². The largest absolute Gasteiger partial charge is 0.462 e. The number of rotatable bonds is 44. The molecule has 1 aliphatic heterocycles. The zero-order chi connectivity index (χ0) is 48.4. The van der Waals surface area contributed by atoms with Crippen molar-refractivity contribution < 1.29 is 56.8 Å². The molecule has 66 heavy (non-hydrogen) atoms. The molecule has 1 rings (SSSR count). The number of unbranched alkanes of at least 4 members (excludes halogenated alkanes) is 24. The first kappa shape index (κ1) is 61.6. The normalized spacial score (nSPS) is 19.8. The summed E-state index contributed by atoms with van der Waals surface area (Å²) in [5.41, 5.74) is 0. The molecular weight excluding hydrogens is 861 g/mol. The van der Waals surface area contributed by atoms with E-state index >= 15 is 0 Å². The third-order valence-electron chi connectivity index (χ3n) is 11.9. The summed E-state index contributed by atoms with van der Waals surface area (Å²) in [6.45, 7) is 3.67. The van der Waals surface area contributed by atoms with Crippen LogP contribution in [0.1, 0.15) is 219 Å². The number of allylic oxidation sites excluding steroid dienone is 8. The molecule has 0 amide bonds. The van der Waals surface area contributed by atoms with Crippen molar-refractivity contribution in [1.82, 2.24) is 0 Å². The van der Waals surface area contributed by atoms with Gasteiger partial charge in [0.1, 0.15) is 36.8 Å². The van der Waals surface area contributed by atoms with Gasteiger partial charge in [-0.2, -0.15) is 8.42 Å². The minimum Gasteiger partial charge on any atom is -0.462 e. The van der Waals surface area contributed by atoms with E-state index in [1.807, 2.05) is 0 Å². The molecular formula is C53H94O12S. The Hall–Kier alpha value is -2.39. The van der Waals surface area contributed by atoms with E-state index in [-0.39, 0.29) is 19.4 Å². The van der Waals surface area contributed by atoms with Crippen LogP contribution in [-0.4, -0.2) is 96.0 Å². The first-order chi connectivity index (χ1) is 32.0. The minimum absolute atomic E-state index is 0.155. The van der Waals surface area contributed by atoms with Crippen LogP contribution in [0.3, 0.4) is 0 Å². The van der Waals surface area contributed by atoms with Crippen LogP contribution in [-0.2, 0) is 38.7 Å². The van der Waals surface area contributed by atoms with Crippen molar-refractivity contribution in [3.63, 3.8) is 0 Å². The van der Waals surface area contributed by atoms with Gasteiger partial charge in [0.15, 0.2) is 12.4 Å². The summed E-state index contributed by atoms with van der Waals surface area (Å²) < 4.78 is 54.3. The van der Waals surface area contributed by atoms with Crippen molar-refractivity contribution in [3.05, 3.63) is 48.6 Å². The molecule has 0 aromatic rings. The second-order valence-electron chi connectivity index (χ2n) is 18.2. The van der Waals surface area contributed by atoms with Gasteiger partial charge < -0.3 is 34.3 Å². The molecule has 1 aliphatic rings. The Morgan fingerprint density at radius 2 is 0.955 bits per heavy atom. The number of ether oxygens (including phenoxy) is 4. The molecule has 6 unspecified atom stereocenters. The molecule has 0 radical (unpaired) electrons. The summed E-state index contributed by atoms with van der Waals surface area (Å²) >= 11 is 0. The van der Waals surface area contributed by atoms with E-state index in [4.69, 9.17) is 18.9 Å². The second kappa shape index (κ2) is 42.7. The lowest BCUT2D eigenvalue weighted by Gasteiger charge is -2.40. The maximum atomic E-state index is 12.9. The number of aliphatic hydroxyl groups is 3. The Morgan fingerprint density at radius 3 is 1.42 bits per heavy atom. The van der Waals surface area contributed by atoms with Crippen molar-refractivity contribution >= 4 is 22.1 Å². The Bertz CT molecular complexity index is 1400. The first-order valence-electron chi connectivity index (χ1n) is 26.2. The quantitative estimate of drug-likeness (QED) is 0.0196. The second-order valence-corrected chi connectivity index (χ2v) is 19.7. The van der Waals surface area contributed by atoms with Crippen molar-refractivity contribution in [2.45, 2.75) is 256 Å². The Kier molecular flexibility index (Phi) is 39.9. The summed E-state index contributed by atoms with van der Waals surface area (Å²) in [4.78, 5) is 25.5. The van der Waals surface area contributed by atoms with E-state index in [1.54, 1.807) is 0 Å². The van der Waals surface area contributed by atoms with Gasteiger partial charge in [-0.1, -0.05) is 204 Å². The molecule has 6 atom stereocenters. The molecule has 0 aromatic carbocycles. The number of aliphatic hydroxyl groups excluding tert-OH is 3. The number of carbonyl (C=O) groups excluding carboxylic acids is 2. The van der Waals surface area contributed by atoms with E-state index in [9.17, 15) is 37.9 Å². The molecule has 384 valence electrons. The van der Waals surface area contributed by atoms with Crippen molar-refractivity contribution in [1.29, 1.82) is 0 Å². The van der Waals surface area contributed by atoms with Gasteiger partial charge in [0.05, 0.1) is 6.61 Å². The summed E-state index contributed by atoms with van der Waals surface area (Å²) in [5, 5.41) is 31.0. The highest BCUT2D eigenvalue weighted by atomic mass is 32.2. The van der Waals surface area contributed by atoms with Gasteiger partial charge in [-0.25, -0.2) is 0 Å². The van der Waals surface area contributed by atoms with Crippen LogP contribution in [0.4, 0.5) is 0 Å². The van der Waals surface area contributed by atoms with Gasteiger partial charge in [-0.3, -0.25) is 14.1 Å². The van der Waals surface area contributed by atoms with E-state index in [0.29, 0.717) is 12.8 Å². The molecule has 0 spiro atoms. The highest BCUT2D eigenvalue weighted by Gasteiger charge is 2.46. The predicted octanol–water partition coefficient (Wildman–Crippen LogP) is 11.9. The molecule has 1 heterocycles. The monoisotopic (exact) mass is 955 g/mol. The van der Waals surface area contributed by atoms with Crippen LogP contribution < -0.4 is 0 Å². The average Bonchev–Trinajstić information content (AvgIpc) is 3.28. The van der Waals surface area contributed by atoms with Crippen LogP contribution >= 0.6 is 0 Å². The van der Waals surface area contributed by atoms with Gasteiger partial charge >= 0.3 is 11.9 Å². The fourth-order valence-corrected chi connectivity index (χ4v) is 8.60. The molecule has 0 aromatic heterocycles. The smallest absolute Gasteiger partial charge is 0.306 e. The standard InChI is InChI=1S/C53H94O12S/c1-3-5-7-9-11-13-15-17-19-21-22-23-24-26-28-30-32-34-36-38-40-42-49(55)64-46(44-63-53-52(58)51(57)50(56)47(65-53)45-66(59,60)61)43-62-48(54)41-39-37-35-33-31-29-27-25-20-18-16-14-12-10-8-6-4-2/h5,7,11,13,17,19,22-23,46-47,50-53,56-58H,3-4,6,8-10,12,14-16,18,20-21,24-45H2,1-2H3,(H,59,60,61)/b7-5-,13-11-,19-17-,23-22-. The van der Waals surface area contributed by atoms with Gasteiger partial charge in [0, 0.05) is 12.8 Å². The Labute approximate surface area is 401 Å². The van der Waals surface area contributed by atoms with E-state index in [2.05, 4.69) is 62.5 Å². The van der Waals surface area contributed by atoms with Crippen LogP contribution in [0.15, 0.2) is 48.6 Å². The van der Waals surface area contributed by atoms with Crippen molar-refractivity contribution in [2.75, 3.05) is 19.0 Å². The van der Waals surface area contributed by atoms with Crippen molar-refractivity contribution in [3.8, 4) is 0 Å². The van der Waals surface area contributed by atoms with Gasteiger partial charge in [-0.05, 0) is 51.4 Å². The summed E-state index contributed by atoms with van der Waals surface area (Å²) in [5.74, 6) is -1.99. The molecule has 1 fully saturated rings. The molecule has 1 saturated heterocycles. The third-order valence-corrected chi connectivity index (χ3v) is 12.7. The van der Waals surface area contributed by atoms with Crippen LogP contribution in [0.2, 0.25) is 0 Å². The molecule has 0 saturated carbocycles. The fourth-order valence-electron chi connectivity index (χ4n) is 7.90. The van der Waals surface area contributed by atoms with E-state index in [1.165, 1.54) is 103 Å². The third kappa shape index (κ3) is 36.6. The Morgan fingerprint density at radius 1 is 0.530 bits per heavy atom. The number of esters is 2. The van der Waals surface area contributed by atoms with Gasteiger partial charge in [0.2, 0.25) is 0 Å². The number of carbonyl (C=O) groups is 2. The topological polar surface area (TPSA) is 186 Å². The summed E-state index contributed by atoms with van der Waals surface area (Å²) in [6, 6.07) is 0.